The minimum Gasteiger partial charge on any atom is -0.481 e. The molecule has 59 valence electrons. The summed E-state index contributed by atoms with van der Waals surface area (Å²) in [6.07, 6.45) is 0. The lowest BCUT2D eigenvalue weighted by Gasteiger charge is -2.00. The van der Waals surface area contributed by atoms with Gasteiger partial charge in [-0.15, -0.1) is 0 Å². The Labute approximate surface area is 69.6 Å². The Kier molecular flexibility index (Phi) is 2.68. The minimum absolute atomic E-state index is 0.287. The van der Waals surface area contributed by atoms with Crippen molar-refractivity contribution in [2.75, 3.05) is 7.11 Å². The van der Waals surface area contributed by atoms with Crippen LogP contribution in [-0.2, 0) is 11.7 Å². The van der Waals surface area contributed by atoms with Gasteiger partial charge >= 0.3 is 0 Å². The first-order valence-electron chi connectivity index (χ1n) is 3.05. The van der Waals surface area contributed by atoms with Crippen molar-refractivity contribution in [3.8, 4) is 5.88 Å². The zero-order chi connectivity index (χ0) is 8.27. The van der Waals surface area contributed by atoms with Gasteiger partial charge in [-0.3, -0.25) is 0 Å². The number of methoxy groups -OCH3 is 1. The highest BCUT2D eigenvalue weighted by Gasteiger charge is 1.99. The van der Waals surface area contributed by atoms with E-state index in [9.17, 15) is 5.11 Å². The largest absolute Gasteiger partial charge is 0.481 e. The van der Waals surface area contributed by atoms with Crippen molar-refractivity contribution in [2.45, 2.75) is 6.61 Å². The number of ether oxygens (including phenoxy) is 1. The highest BCUT2D eigenvalue weighted by Crippen LogP contribution is 2.15. The van der Waals surface area contributed by atoms with Crippen molar-refractivity contribution in [3.63, 3.8) is 0 Å². The molecule has 1 radical (unpaired) electrons. The van der Waals surface area contributed by atoms with E-state index in [1.54, 1.807) is 6.07 Å². The second-order valence-electron chi connectivity index (χ2n) is 1.98. The third-order valence-corrected chi connectivity index (χ3v) is 1.40. The fourth-order valence-corrected chi connectivity index (χ4v) is 0.934. The summed E-state index contributed by atoms with van der Waals surface area (Å²) in [6, 6.07) is 3.09. The topological polar surface area (TPSA) is 42.0 Å². The summed E-state index contributed by atoms with van der Waals surface area (Å²) in [7, 11) is 1.48. The Morgan fingerprint density at radius 3 is 2.91 bits per heavy atom. The fraction of sp³-hybridized carbons (Fsp3) is 0.286. The summed E-state index contributed by atoms with van der Waals surface area (Å²) < 4.78 is 4.80. The molecule has 0 bridgehead atoms. The maximum Gasteiger partial charge on any atom is 0.214 e. The first kappa shape index (κ1) is 8.30. The van der Waals surface area contributed by atoms with Crippen molar-refractivity contribution < 1.29 is 9.84 Å². The molecule has 0 spiro atoms. The van der Waals surface area contributed by atoms with E-state index in [4.69, 9.17) is 16.3 Å². The molecule has 1 heterocycles. The van der Waals surface area contributed by atoms with E-state index in [-0.39, 0.29) is 11.8 Å². The van der Waals surface area contributed by atoms with Gasteiger partial charge in [0.25, 0.3) is 0 Å². The molecule has 0 saturated carbocycles. The monoisotopic (exact) mass is 172 g/mol. The van der Waals surface area contributed by atoms with E-state index in [1.165, 1.54) is 13.2 Å². The molecule has 1 rings (SSSR count). The molecule has 3 nitrogen and oxygen atoms in total. The molecular weight excluding hydrogens is 166 g/mol. The van der Waals surface area contributed by atoms with Crippen LogP contribution in [0.15, 0.2) is 12.1 Å². The molecule has 0 saturated heterocycles. The predicted molar refractivity (Wildman–Crippen MR) is 40.2 cm³/mol. The van der Waals surface area contributed by atoms with Crippen LogP contribution in [0.4, 0.5) is 0 Å². The second kappa shape index (κ2) is 3.55. The number of hydrogen-bond acceptors (Lipinski definition) is 2. The third kappa shape index (κ3) is 2.06. The summed E-state index contributed by atoms with van der Waals surface area (Å²) in [6.45, 7) is -0.307. The van der Waals surface area contributed by atoms with E-state index in [2.05, 4.69) is 4.98 Å². The van der Waals surface area contributed by atoms with E-state index >= 15 is 0 Å². The summed E-state index contributed by atoms with van der Waals surface area (Å²) >= 11 is 5.58. The van der Waals surface area contributed by atoms with Gasteiger partial charge in [-0.2, -0.15) is 0 Å². The van der Waals surface area contributed by atoms with Crippen molar-refractivity contribution in [2.24, 2.45) is 0 Å². The highest BCUT2D eigenvalue weighted by atomic mass is 35.5. The van der Waals surface area contributed by atoms with Gasteiger partial charge in [0, 0.05) is 6.07 Å². The summed E-state index contributed by atoms with van der Waals surface area (Å²) in [5, 5.41) is 10.7. The van der Waals surface area contributed by atoms with Crippen LogP contribution in [0, 0.1) is 0 Å². The second-order valence-corrected chi connectivity index (χ2v) is 2.37. The Morgan fingerprint density at radius 2 is 2.36 bits per heavy atom. The normalized spacial score (nSPS) is 9.73. The van der Waals surface area contributed by atoms with Crippen molar-refractivity contribution in [3.05, 3.63) is 22.8 Å². The van der Waals surface area contributed by atoms with Gasteiger partial charge < -0.3 is 4.74 Å². The fourth-order valence-electron chi connectivity index (χ4n) is 0.711. The van der Waals surface area contributed by atoms with Gasteiger partial charge in [0.05, 0.1) is 7.11 Å². The van der Waals surface area contributed by atoms with Crippen LogP contribution in [0.25, 0.3) is 0 Å². The Bertz CT molecular complexity index is 230. The van der Waals surface area contributed by atoms with Gasteiger partial charge in [-0.25, -0.2) is 10.1 Å². The first-order valence-corrected chi connectivity index (χ1v) is 3.42. The number of hydrogen-bond donors (Lipinski definition) is 0. The molecule has 0 aliphatic rings. The lowest BCUT2D eigenvalue weighted by atomic mass is 10.3. The van der Waals surface area contributed by atoms with Crippen molar-refractivity contribution >= 4 is 11.6 Å². The maximum absolute atomic E-state index is 10.4. The third-order valence-electron chi connectivity index (χ3n) is 1.21. The van der Waals surface area contributed by atoms with Crippen LogP contribution in [0.1, 0.15) is 5.56 Å². The van der Waals surface area contributed by atoms with Gasteiger partial charge in [0.15, 0.2) is 0 Å². The summed E-state index contributed by atoms with van der Waals surface area (Å²) in [5.74, 6) is 0.378. The number of aromatic nitrogens is 1. The van der Waals surface area contributed by atoms with Crippen LogP contribution < -0.4 is 4.74 Å². The molecule has 4 heteroatoms. The van der Waals surface area contributed by atoms with Crippen LogP contribution in [0.3, 0.4) is 0 Å². The summed E-state index contributed by atoms with van der Waals surface area (Å²) in [4.78, 5) is 3.80. The van der Waals surface area contributed by atoms with E-state index in [0.717, 1.165) is 0 Å². The Morgan fingerprint density at radius 1 is 1.64 bits per heavy atom. The standard InChI is InChI=1S/C7H7ClNO2/c1-11-7-3-5(4-10)2-6(8)9-7/h2-3H,4H2,1H3. The van der Waals surface area contributed by atoms with E-state index in [1.807, 2.05) is 0 Å². The van der Waals surface area contributed by atoms with Crippen LogP contribution in [0.2, 0.25) is 5.15 Å². The molecule has 0 amide bonds. The molecule has 0 aliphatic carbocycles. The zero-order valence-corrected chi connectivity index (χ0v) is 6.76. The number of nitrogens with zero attached hydrogens (tertiary/aromatic N) is 1. The van der Waals surface area contributed by atoms with Crippen LogP contribution >= 0.6 is 11.6 Å². The van der Waals surface area contributed by atoms with Crippen LogP contribution in [0.5, 0.6) is 5.88 Å². The quantitative estimate of drug-likeness (QED) is 0.637. The van der Waals surface area contributed by atoms with E-state index in [0.29, 0.717) is 11.4 Å². The highest BCUT2D eigenvalue weighted by molar-refractivity contribution is 6.29. The van der Waals surface area contributed by atoms with Gasteiger partial charge in [-0.1, -0.05) is 11.6 Å². The number of halogens is 1. The van der Waals surface area contributed by atoms with Crippen molar-refractivity contribution in [1.29, 1.82) is 0 Å². The summed E-state index contributed by atoms with van der Waals surface area (Å²) in [5.41, 5.74) is 0.585. The van der Waals surface area contributed by atoms with Crippen LogP contribution in [-0.4, -0.2) is 12.1 Å². The molecule has 0 aliphatic heterocycles. The molecule has 11 heavy (non-hydrogen) atoms. The predicted octanol–water partition coefficient (Wildman–Crippen LogP) is 1.67. The lowest BCUT2D eigenvalue weighted by Crippen LogP contribution is -1.90. The number of rotatable bonds is 2. The molecule has 0 N–H and O–H groups in total. The Hall–Kier alpha value is -0.800. The average molecular weight is 173 g/mol. The smallest absolute Gasteiger partial charge is 0.214 e. The molecular formula is C7H7ClNO2. The lowest BCUT2D eigenvalue weighted by molar-refractivity contribution is 0.177. The molecule has 0 atom stereocenters. The molecule has 0 fully saturated rings. The Balaban J connectivity index is 3.02. The molecule has 0 aromatic carbocycles. The number of pyridine rings is 1. The molecule has 1 aromatic rings. The first-order chi connectivity index (χ1) is 5.26. The van der Waals surface area contributed by atoms with Gasteiger partial charge in [0.1, 0.15) is 11.8 Å². The maximum atomic E-state index is 10.4. The SMILES string of the molecule is COc1cc(C[O])cc(Cl)n1. The van der Waals surface area contributed by atoms with Crippen molar-refractivity contribution in [1.82, 2.24) is 4.98 Å². The van der Waals surface area contributed by atoms with Gasteiger partial charge in [-0.05, 0) is 11.6 Å². The zero-order valence-electron chi connectivity index (χ0n) is 6.00. The molecule has 0 unspecified atom stereocenters. The molecule has 1 aromatic heterocycles. The average Bonchev–Trinajstić information content (AvgIpc) is 2.03. The van der Waals surface area contributed by atoms with Gasteiger partial charge in [0.2, 0.25) is 5.88 Å². The minimum atomic E-state index is -0.307. The van der Waals surface area contributed by atoms with E-state index < -0.39 is 0 Å².